The summed E-state index contributed by atoms with van der Waals surface area (Å²) in [5, 5.41) is 3.77. The van der Waals surface area contributed by atoms with Crippen molar-refractivity contribution in [1.29, 1.82) is 0 Å². The van der Waals surface area contributed by atoms with Gasteiger partial charge in [0, 0.05) is 24.1 Å². The molecular weight excluding hydrogens is 574 g/mol. The molecule has 1 fully saturated rings. The third-order valence-electron chi connectivity index (χ3n) is 9.56. The van der Waals surface area contributed by atoms with Gasteiger partial charge in [-0.15, -0.1) is 0 Å². The summed E-state index contributed by atoms with van der Waals surface area (Å²) >= 11 is 6.38. The van der Waals surface area contributed by atoms with Crippen molar-refractivity contribution in [3.63, 3.8) is 0 Å². The van der Waals surface area contributed by atoms with Gasteiger partial charge in [0.05, 0.1) is 24.3 Å². The zero-order valence-electron chi connectivity index (χ0n) is 28.0. The Kier molecular flexibility index (Phi) is 16.1. The van der Waals surface area contributed by atoms with E-state index in [1.54, 1.807) is 20.3 Å². The predicted molar refractivity (Wildman–Crippen MR) is 180 cm³/mol. The highest BCUT2D eigenvalue weighted by Crippen LogP contribution is 2.46. The van der Waals surface area contributed by atoms with E-state index in [2.05, 4.69) is 12.2 Å². The lowest BCUT2D eigenvalue weighted by Gasteiger charge is -2.37. The summed E-state index contributed by atoms with van der Waals surface area (Å²) in [5.74, 6) is 0.449. The molecule has 7 heteroatoms. The topological polar surface area (TPSA) is 73.9 Å². The molecule has 3 rings (SSSR count). The largest absolute Gasteiger partial charge is 0.496 e. The number of hydrogen-bond donors (Lipinski definition) is 1. The van der Waals surface area contributed by atoms with Gasteiger partial charge in [0.2, 0.25) is 0 Å². The average molecular weight is 632 g/mol. The van der Waals surface area contributed by atoms with Crippen LogP contribution >= 0.6 is 11.6 Å². The predicted octanol–water partition coefficient (Wildman–Crippen LogP) is 9.88. The van der Waals surface area contributed by atoms with Gasteiger partial charge in [0.25, 0.3) is 5.91 Å². The Labute approximate surface area is 272 Å². The number of unbranched alkanes of at least 4 members (excludes halogenated alkanes) is 14. The van der Waals surface area contributed by atoms with Crippen molar-refractivity contribution < 1.29 is 23.8 Å². The van der Waals surface area contributed by atoms with E-state index < -0.39 is 5.54 Å². The van der Waals surface area contributed by atoms with Crippen molar-refractivity contribution >= 4 is 29.1 Å². The normalized spacial score (nSPS) is 19.9. The Bertz CT molecular complexity index is 1050. The van der Waals surface area contributed by atoms with E-state index in [1.807, 2.05) is 13.0 Å². The van der Waals surface area contributed by atoms with Crippen molar-refractivity contribution in [1.82, 2.24) is 5.32 Å². The molecule has 248 valence electrons. The van der Waals surface area contributed by atoms with Crippen molar-refractivity contribution in [2.24, 2.45) is 0 Å². The third kappa shape index (κ3) is 10.5. The van der Waals surface area contributed by atoms with Crippen LogP contribution in [0.2, 0.25) is 5.02 Å². The van der Waals surface area contributed by atoms with E-state index in [-0.39, 0.29) is 18.0 Å². The highest BCUT2D eigenvalue weighted by Gasteiger charge is 2.50. The highest BCUT2D eigenvalue weighted by atomic mass is 35.5. The zero-order valence-corrected chi connectivity index (χ0v) is 28.8. The molecule has 0 radical (unpaired) electrons. The lowest BCUT2D eigenvalue weighted by atomic mass is 9.79. The first kappa shape index (κ1) is 36.4. The molecular formula is C37H58ClNO5. The van der Waals surface area contributed by atoms with Gasteiger partial charge >= 0.3 is 5.97 Å². The van der Waals surface area contributed by atoms with Gasteiger partial charge in [-0.1, -0.05) is 115 Å². The summed E-state index contributed by atoms with van der Waals surface area (Å²) in [7, 11) is 3.30. The number of aryl methyl sites for hydroxylation is 1. The summed E-state index contributed by atoms with van der Waals surface area (Å²) < 4.78 is 17.5. The number of benzene rings is 1. The van der Waals surface area contributed by atoms with Crippen molar-refractivity contribution in [2.75, 3.05) is 14.2 Å². The lowest BCUT2D eigenvalue weighted by molar-refractivity contribution is -0.141. The smallest absolute Gasteiger partial charge is 0.310 e. The second-order valence-electron chi connectivity index (χ2n) is 12.8. The maximum Gasteiger partial charge on any atom is 0.310 e. The molecule has 0 bridgehead atoms. The molecule has 0 aromatic heterocycles. The molecule has 0 saturated heterocycles. The van der Waals surface area contributed by atoms with Crippen LogP contribution in [-0.4, -0.2) is 37.7 Å². The maximum absolute atomic E-state index is 13.6. The Balaban J connectivity index is 1.53. The third-order valence-corrected chi connectivity index (χ3v) is 9.78. The standard InChI is InChI=1S/C37H58ClNO5/c1-5-7-8-9-10-11-12-13-14-15-16-17-18-19-20-21-32(40)44-35-34(33-28(6-2)26-29(38)27-31(33)43-4)36(41)39-37(35)24-22-30(42-3)23-25-37/h26-27,30H,5-25H2,1-4H3,(H,39,41). The molecule has 1 heterocycles. The number of amides is 1. The summed E-state index contributed by atoms with van der Waals surface area (Å²) in [5.41, 5.74) is 1.23. The van der Waals surface area contributed by atoms with Gasteiger partial charge in [-0.25, -0.2) is 0 Å². The van der Waals surface area contributed by atoms with Crippen LogP contribution in [0.1, 0.15) is 153 Å². The van der Waals surface area contributed by atoms with Crippen LogP contribution in [0, 0.1) is 0 Å². The fraction of sp³-hybridized carbons (Fsp3) is 0.730. The molecule has 1 aliphatic heterocycles. The van der Waals surface area contributed by atoms with E-state index in [4.69, 9.17) is 25.8 Å². The van der Waals surface area contributed by atoms with E-state index in [0.717, 1.165) is 37.7 Å². The summed E-state index contributed by atoms with van der Waals surface area (Å²) in [4.78, 5) is 26.9. The first-order chi connectivity index (χ1) is 21.4. The molecule has 1 aromatic carbocycles. The molecule has 1 aliphatic carbocycles. The molecule has 1 spiro atoms. The van der Waals surface area contributed by atoms with Crippen LogP contribution in [0.4, 0.5) is 0 Å². The number of ether oxygens (including phenoxy) is 3. The van der Waals surface area contributed by atoms with Crippen molar-refractivity contribution in [2.45, 2.75) is 160 Å². The average Bonchev–Trinajstić information content (AvgIpc) is 3.27. The summed E-state index contributed by atoms with van der Waals surface area (Å²) in [6, 6.07) is 3.58. The Morgan fingerprint density at radius 3 is 1.91 bits per heavy atom. The first-order valence-corrected chi connectivity index (χ1v) is 17.9. The SMILES string of the molecule is CCCCCCCCCCCCCCCCCC(=O)OC1=C(c2c(CC)cc(Cl)cc2OC)C(=O)NC12CCC(OC)CC2. The lowest BCUT2D eigenvalue weighted by Crippen LogP contribution is -2.49. The molecule has 44 heavy (non-hydrogen) atoms. The van der Waals surface area contributed by atoms with Crippen LogP contribution in [0.5, 0.6) is 5.75 Å². The summed E-state index contributed by atoms with van der Waals surface area (Å²) in [6.07, 6.45) is 23.2. The Morgan fingerprint density at radius 2 is 1.41 bits per heavy atom. The number of nitrogens with one attached hydrogen (secondary N) is 1. The molecule has 1 N–H and O–H groups in total. The number of hydrogen-bond acceptors (Lipinski definition) is 5. The van der Waals surface area contributed by atoms with Gasteiger partial charge in [0.1, 0.15) is 11.5 Å². The monoisotopic (exact) mass is 631 g/mol. The van der Waals surface area contributed by atoms with Crippen molar-refractivity contribution in [3.8, 4) is 5.75 Å². The highest BCUT2D eigenvalue weighted by molar-refractivity contribution is 6.31. The fourth-order valence-corrected chi connectivity index (χ4v) is 7.12. The van der Waals surface area contributed by atoms with Crippen LogP contribution in [0.25, 0.3) is 5.57 Å². The number of esters is 1. The van der Waals surface area contributed by atoms with E-state index in [0.29, 0.717) is 53.4 Å². The van der Waals surface area contributed by atoms with Gasteiger partial charge in [-0.3, -0.25) is 9.59 Å². The Hall–Kier alpha value is -2.05. The quantitative estimate of drug-likeness (QED) is 0.108. The number of rotatable bonds is 21. The van der Waals surface area contributed by atoms with E-state index >= 15 is 0 Å². The number of methoxy groups -OCH3 is 2. The number of halogens is 1. The van der Waals surface area contributed by atoms with Gasteiger partial charge in [0.15, 0.2) is 0 Å². The van der Waals surface area contributed by atoms with Gasteiger partial charge < -0.3 is 19.5 Å². The minimum Gasteiger partial charge on any atom is -0.496 e. The minimum absolute atomic E-state index is 0.134. The van der Waals surface area contributed by atoms with E-state index in [1.165, 1.54) is 77.0 Å². The second-order valence-corrected chi connectivity index (χ2v) is 13.3. The second kappa shape index (κ2) is 19.5. The molecule has 6 nitrogen and oxygen atoms in total. The van der Waals surface area contributed by atoms with Gasteiger partial charge in [-0.2, -0.15) is 0 Å². The number of carbonyl (C=O) groups excluding carboxylic acids is 2. The van der Waals surface area contributed by atoms with Crippen molar-refractivity contribution in [3.05, 3.63) is 34.0 Å². The van der Waals surface area contributed by atoms with Crippen LogP contribution < -0.4 is 10.1 Å². The van der Waals surface area contributed by atoms with Crippen LogP contribution in [0.15, 0.2) is 17.9 Å². The zero-order chi connectivity index (χ0) is 31.8. The molecule has 1 aromatic rings. The molecule has 1 saturated carbocycles. The molecule has 0 atom stereocenters. The fourth-order valence-electron chi connectivity index (χ4n) is 6.89. The molecule has 2 aliphatic rings. The Morgan fingerprint density at radius 1 is 0.864 bits per heavy atom. The van der Waals surface area contributed by atoms with Gasteiger partial charge in [-0.05, 0) is 56.2 Å². The van der Waals surface area contributed by atoms with E-state index in [9.17, 15) is 9.59 Å². The molecule has 0 unspecified atom stereocenters. The minimum atomic E-state index is -0.720. The molecule has 1 amide bonds. The first-order valence-electron chi connectivity index (χ1n) is 17.6. The number of carbonyl (C=O) groups is 2. The van der Waals surface area contributed by atoms with Crippen LogP contribution in [-0.2, 0) is 25.5 Å². The maximum atomic E-state index is 13.6. The summed E-state index contributed by atoms with van der Waals surface area (Å²) in [6.45, 7) is 4.29. The van der Waals surface area contributed by atoms with Crippen LogP contribution in [0.3, 0.4) is 0 Å².